The molecular formula is C22H23FN4O4S2. The summed E-state index contributed by atoms with van der Waals surface area (Å²) in [6, 6.07) is 10.2. The lowest BCUT2D eigenvalue weighted by Gasteiger charge is -2.28. The number of rotatable bonds is 4. The predicted octanol–water partition coefficient (Wildman–Crippen LogP) is 3.15. The molecule has 2 atom stereocenters. The normalized spacial score (nSPS) is 21.9. The number of nitrogens with zero attached hydrogens (tertiary/aromatic N) is 3. The van der Waals surface area contributed by atoms with Crippen molar-refractivity contribution in [3.05, 3.63) is 53.8 Å². The number of benzene rings is 2. The standard InChI is InChI=1S/C22H23FN4O4S2/c1-13-12-27(21(29)18-11-20(28)25-19-9-14(23)7-8-17(18)19)22(32-13)24-15-5-4-6-16(10-15)33(30,31)26(2)3/h4-10,13,18H,11-12H2,1-3H3,(H,25,28). The Hall–Kier alpha value is -2.76. The van der Waals surface area contributed by atoms with Crippen LogP contribution in [0.2, 0.25) is 0 Å². The Morgan fingerprint density at radius 3 is 2.73 bits per heavy atom. The van der Waals surface area contributed by atoms with E-state index in [1.54, 1.807) is 12.1 Å². The Labute approximate surface area is 195 Å². The Kier molecular flexibility index (Phi) is 6.30. The number of anilines is 1. The van der Waals surface area contributed by atoms with Gasteiger partial charge >= 0.3 is 0 Å². The van der Waals surface area contributed by atoms with Gasteiger partial charge in [0.15, 0.2) is 5.17 Å². The van der Waals surface area contributed by atoms with Crippen molar-refractivity contribution in [3.8, 4) is 0 Å². The van der Waals surface area contributed by atoms with Gasteiger partial charge in [-0.3, -0.25) is 14.5 Å². The van der Waals surface area contributed by atoms with Gasteiger partial charge in [0.05, 0.1) is 16.5 Å². The summed E-state index contributed by atoms with van der Waals surface area (Å²) in [6.45, 7) is 2.35. The number of carbonyl (C=O) groups is 2. The third kappa shape index (κ3) is 4.66. The molecule has 8 nitrogen and oxygen atoms in total. The highest BCUT2D eigenvalue weighted by Gasteiger charge is 2.39. The van der Waals surface area contributed by atoms with Crippen molar-refractivity contribution in [1.29, 1.82) is 0 Å². The molecule has 0 radical (unpaired) electrons. The Morgan fingerprint density at radius 1 is 1.24 bits per heavy atom. The molecule has 2 unspecified atom stereocenters. The summed E-state index contributed by atoms with van der Waals surface area (Å²) in [5.41, 5.74) is 1.25. The highest BCUT2D eigenvalue weighted by atomic mass is 32.2. The Bertz CT molecular complexity index is 1260. The molecule has 2 aromatic carbocycles. The van der Waals surface area contributed by atoms with E-state index in [2.05, 4.69) is 10.3 Å². The fourth-order valence-corrected chi connectivity index (χ4v) is 5.74. The number of amides is 2. The number of thioether (sulfide) groups is 1. The largest absolute Gasteiger partial charge is 0.326 e. The smallest absolute Gasteiger partial charge is 0.242 e. The maximum absolute atomic E-state index is 13.7. The second-order valence-corrected chi connectivity index (χ2v) is 11.7. The molecule has 0 aromatic heterocycles. The highest BCUT2D eigenvalue weighted by molar-refractivity contribution is 8.14. The number of carbonyl (C=O) groups excluding carboxylic acids is 2. The van der Waals surface area contributed by atoms with Crippen LogP contribution in [0.3, 0.4) is 0 Å². The van der Waals surface area contributed by atoms with Crippen molar-refractivity contribution in [2.75, 3.05) is 26.0 Å². The Morgan fingerprint density at radius 2 is 2.00 bits per heavy atom. The first-order valence-corrected chi connectivity index (χ1v) is 12.6. The average Bonchev–Trinajstić information content (AvgIpc) is 3.12. The number of sulfonamides is 1. The number of aliphatic imine (C=N–C) groups is 1. The summed E-state index contributed by atoms with van der Waals surface area (Å²) in [4.78, 5) is 31.9. The maximum Gasteiger partial charge on any atom is 0.242 e. The highest BCUT2D eigenvalue weighted by Crippen LogP contribution is 2.37. The van der Waals surface area contributed by atoms with Gasteiger partial charge in [0.25, 0.3) is 0 Å². The maximum atomic E-state index is 13.7. The third-order valence-electron chi connectivity index (χ3n) is 5.42. The van der Waals surface area contributed by atoms with Gasteiger partial charge in [0.2, 0.25) is 21.8 Å². The minimum atomic E-state index is -3.63. The molecule has 0 spiro atoms. The van der Waals surface area contributed by atoms with Crippen molar-refractivity contribution < 1.29 is 22.4 Å². The number of hydrogen-bond donors (Lipinski definition) is 1. The van der Waals surface area contributed by atoms with Crippen LogP contribution >= 0.6 is 11.8 Å². The molecule has 0 bridgehead atoms. The van der Waals surface area contributed by atoms with Crippen molar-refractivity contribution >= 4 is 50.1 Å². The molecule has 2 aromatic rings. The van der Waals surface area contributed by atoms with Crippen LogP contribution in [-0.4, -0.2) is 60.5 Å². The van der Waals surface area contributed by atoms with Crippen molar-refractivity contribution in [1.82, 2.24) is 9.21 Å². The molecule has 2 aliphatic heterocycles. The van der Waals surface area contributed by atoms with E-state index < -0.39 is 21.8 Å². The van der Waals surface area contributed by atoms with Gasteiger partial charge in [-0.1, -0.05) is 30.8 Å². The first-order valence-electron chi connectivity index (χ1n) is 10.2. The van der Waals surface area contributed by atoms with Crippen LogP contribution in [0, 0.1) is 5.82 Å². The number of hydrogen-bond acceptors (Lipinski definition) is 6. The topological polar surface area (TPSA) is 99.1 Å². The molecule has 2 heterocycles. The first-order chi connectivity index (χ1) is 15.6. The fourth-order valence-electron chi connectivity index (χ4n) is 3.77. The third-order valence-corrected chi connectivity index (χ3v) is 8.30. The van der Waals surface area contributed by atoms with Crippen LogP contribution in [-0.2, 0) is 19.6 Å². The number of amidine groups is 1. The fraction of sp³-hybridized carbons (Fsp3) is 0.318. The van der Waals surface area contributed by atoms with Crippen molar-refractivity contribution in [3.63, 3.8) is 0 Å². The van der Waals surface area contributed by atoms with Gasteiger partial charge in [-0.2, -0.15) is 0 Å². The van der Waals surface area contributed by atoms with E-state index in [-0.39, 0.29) is 28.4 Å². The number of nitrogens with one attached hydrogen (secondary N) is 1. The molecule has 2 aliphatic rings. The summed E-state index contributed by atoms with van der Waals surface area (Å²) in [7, 11) is -0.730. The van der Waals surface area contributed by atoms with Gasteiger partial charge in [-0.05, 0) is 35.9 Å². The second kappa shape index (κ2) is 8.88. The molecular weight excluding hydrogens is 467 g/mol. The van der Waals surface area contributed by atoms with E-state index >= 15 is 0 Å². The van der Waals surface area contributed by atoms with Gasteiger partial charge in [-0.25, -0.2) is 22.1 Å². The molecule has 33 heavy (non-hydrogen) atoms. The average molecular weight is 491 g/mol. The van der Waals surface area contributed by atoms with Crippen LogP contribution in [0.25, 0.3) is 0 Å². The van der Waals surface area contributed by atoms with Crippen molar-refractivity contribution in [2.45, 2.75) is 29.4 Å². The molecule has 4 rings (SSSR count). The van der Waals surface area contributed by atoms with Crippen molar-refractivity contribution in [2.24, 2.45) is 4.99 Å². The molecule has 174 valence electrons. The molecule has 0 saturated carbocycles. The first kappa shape index (κ1) is 23.4. The second-order valence-electron chi connectivity index (χ2n) is 8.09. The van der Waals surface area contributed by atoms with Crippen LogP contribution in [0.4, 0.5) is 15.8 Å². The summed E-state index contributed by atoms with van der Waals surface area (Å²) in [5.74, 6) is -1.91. The van der Waals surface area contributed by atoms with E-state index in [4.69, 9.17) is 0 Å². The van der Waals surface area contributed by atoms with Gasteiger partial charge in [-0.15, -0.1) is 0 Å². The Balaban J connectivity index is 1.68. The van der Waals surface area contributed by atoms with E-state index in [1.807, 2.05) is 6.92 Å². The lowest BCUT2D eigenvalue weighted by atomic mass is 9.89. The molecule has 1 N–H and O–H groups in total. The predicted molar refractivity (Wildman–Crippen MR) is 126 cm³/mol. The van der Waals surface area contributed by atoms with E-state index in [9.17, 15) is 22.4 Å². The van der Waals surface area contributed by atoms with Gasteiger partial charge in [0, 0.05) is 38.0 Å². The summed E-state index contributed by atoms with van der Waals surface area (Å²) >= 11 is 1.40. The van der Waals surface area contributed by atoms with Crippen LogP contribution in [0.1, 0.15) is 24.8 Å². The quantitative estimate of drug-likeness (QED) is 0.710. The lowest BCUT2D eigenvalue weighted by Crippen LogP contribution is -2.39. The lowest BCUT2D eigenvalue weighted by molar-refractivity contribution is -0.131. The number of halogens is 1. The van der Waals surface area contributed by atoms with Crippen LogP contribution in [0.15, 0.2) is 52.4 Å². The molecule has 1 fully saturated rings. The molecule has 1 saturated heterocycles. The summed E-state index contributed by atoms with van der Waals surface area (Å²) < 4.78 is 39.7. The molecule has 2 amide bonds. The summed E-state index contributed by atoms with van der Waals surface area (Å²) in [5, 5.41) is 3.11. The monoisotopic (exact) mass is 490 g/mol. The van der Waals surface area contributed by atoms with Crippen LogP contribution < -0.4 is 5.32 Å². The minimum Gasteiger partial charge on any atom is -0.326 e. The minimum absolute atomic E-state index is 0.0448. The zero-order valence-corrected chi connectivity index (χ0v) is 19.9. The molecule has 11 heteroatoms. The zero-order valence-electron chi connectivity index (χ0n) is 18.3. The SMILES string of the molecule is CC1CN(C(=O)C2CC(=O)Nc3cc(F)ccc32)C(=Nc2cccc(S(=O)(=O)N(C)C)c2)S1. The van der Waals surface area contributed by atoms with Gasteiger partial charge < -0.3 is 5.32 Å². The van der Waals surface area contributed by atoms with Gasteiger partial charge in [0.1, 0.15) is 5.82 Å². The molecule has 0 aliphatic carbocycles. The van der Waals surface area contributed by atoms with E-state index in [1.165, 1.54) is 61.1 Å². The number of fused-ring (bicyclic) bond motifs is 1. The van der Waals surface area contributed by atoms with Crippen LogP contribution in [0.5, 0.6) is 0 Å². The van der Waals surface area contributed by atoms with E-state index in [0.717, 1.165) is 4.31 Å². The zero-order chi connectivity index (χ0) is 23.9. The summed E-state index contributed by atoms with van der Waals surface area (Å²) in [6.07, 6.45) is -0.0448. The van der Waals surface area contributed by atoms with E-state index in [0.29, 0.717) is 28.7 Å².